The van der Waals surface area contributed by atoms with E-state index < -0.39 is 16.1 Å². The SMILES string of the molecule is Cc1noc(C)c1S(=O)(=O)N1CCN(C(=O)[C@@H](C)N)CC1.Cl. The van der Waals surface area contributed by atoms with Gasteiger partial charge in [-0.2, -0.15) is 4.31 Å². The first-order valence-corrected chi connectivity index (χ1v) is 8.16. The molecular weight excluding hydrogens is 332 g/mol. The van der Waals surface area contributed by atoms with E-state index in [0.29, 0.717) is 18.8 Å². The molecule has 0 aliphatic carbocycles. The highest BCUT2D eigenvalue weighted by Crippen LogP contribution is 2.24. The smallest absolute Gasteiger partial charge is 0.248 e. The molecule has 1 aromatic heterocycles. The number of sulfonamides is 1. The van der Waals surface area contributed by atoms with Gasteiger partial charge in [0.1, 0.15) is 10.6 Å². The molecule has 0 unspecified atom stereocenters. The van der Waals surface area contributed by atoms with Crippen LogP contribution in [-0.4, -0.2) is 60.9 Å². The molecule has 0 saturated carbocycles. The van der Waals surface area contributed by atoms with Crippen LogP contribution in [0.15, 0.2) is 9.42 Å². The Morgan fingerprint density at radius 2 is 1.82 bits per heavy atom. The van der Waals surface area contributed by atoms with Crippen LogP contribution >= 0.6 is 12.4 Å². The number of amides is 1. The summed E-state index contributed by atoms with van der Waals surface area (Å²) in [5, 5.41) is 3.68. The van der Waals surface area contributed by atoms with Gasteiger partial charge >= 0.3 is 0 Å². The van der Waals surface area contributed by atoms with E-state index in [1.54, 1.807) is 25.7 Å². The molecular formula is C12H21ClN4O4S. The molecule has 0 spiro atoms. The largest absolute Gasteiger partial charge is 0.360 e. The molecule has 1 fully saturated rings. The summed E-state index contributed by atoms with van der Waals surface area (Å²) in [6.45, 7) is 5.94. The number of carbonyl (C=O) groups is 1. The Bertz CT molecular complexity index is 616. The lowest BCUT2D eigenvalue weighted by Gasteiger charge is -2.34. The van der Waals surface area contributed by atoms with Gasteiger partial charge in [-0.05, 0) is 20.8 Å². The van der Waals surface area contributed by atoms with E-state index in [2.05, 4.69) is 5.16 Å². The van der Waals surface area contributed by atoms with Crippen LogP contribution < -0.4 is 5.73 Å². The summed E-state index contributed by atoms with van der Waals surface area (Å²) in [6, 6.07) is -0.573. The Balaban J connectivity index is 0.00000242. The zero-order valence-electron chi connectivity index (χ0n) is 12.8. The van der Waals surface area contributed by atoms with Crippen molar-refractivity contribution in [3.8, 4) is 0 Å². The lowest BCUT2D eigenvalue weighted by molar-refractivity contribution is -0.133. The number of aromatic nitrogens is 1. The third kappa shape index (κ3) is 3.43. The lowest BCUT2D eigenvalue weighted by Crippen LogP contribution is -2.53. The van der Waals surface area contributed by atoms with Gasteiger partial charge in [-0.1, -0.05) is 5.16 Å². The highest BCUT2D eigenvalue weighted by Gasteiger charge is 2.34. The number of piperazine rings is 1. The van der Waals surface area contributed by atoms with E-state index in [4.69, 9.17) is 10.3 Å². The van der Waals surface area contributed by atoms with Gasteiger partial charge < -0.3 is 15.2 Å². The predicted octanol–water partition coefficient (Wildman–Crippen LogP) is -0.107. The Kier molecular flexibility index (Phi) is 5.96. The average molecular weight is 353 g/mol. The summed E-state index contributed by atoms with van der Waals surface area (Å²) < 4.78 is 31.5. The quantitative estimate of drug-likeness (QED) is 0.813. The van der Waals surface area contributed by atoms with Crippen LogP contribution in [-0.2, 0) is 14.8 Å². The maximum Gasteiger partial charge on any atom is 0.248 e. The summed E-state index contributed by atoms with van der Waals surface area (Å²) >= 11 is 0. The Hall–Kier alpha value is -1.16. The van der Waals surface area contributed by atoms with Crippen molar-refractivity contribution in [3.05, 3.63) is 11.5 Å². The Labute approximate surface area is 136 Å². The lowest BCUT2D eigenvalue weighted by atomic mass is 10.2. The summed E-state index contributed by atoms with van der Waals surface area (Å²) in [6.07, 6.45) is 0. The minimum absolute atomic E-state index is 0. The number of carbonyl (C=O) groups excluding carboxylic acids is 1. The minimum atomic E-state index is -3.64. The molecule has 1 aliphatic heterocycles. The van der Waals surface area contributed by atoms with E-state index in [0.717, 1.165) is 0 Å². The molecule has 10 heteroatoms. The number of rotatable bonds is 3. The molecule has 0 aromatic carbocycles. The number of aryl methyl sites for hydroxylation is 2. The highest BCUT2D eigenvalue weighted by molar-refractivity contribution is 7.89. The molecule has 126 valence electrons. The number of nitrogens with zero attached hydrogens (tertiary/aromatic N) is 3. The molecule has 2 N–H and O–H groups in total. The molecule has 1 amide bonds. The first kappa shape index (κ1) is 18.9. The molecule has 1 saturated heterocycles. The standard InChI is InChI=1S/C12H20N4O4S.ClH/c1-8(13)12(17)15-4-6-16(7-5-15)21(18,19)11-9(2)14-20-10(11)3;/h8H,4-7,13H2,1-3H3;1H/t8-;/m1./s1. The second-order valence-electron chi connectivity index (χ2n) is 5.17. The number of hydrogen-bond donors (Lipinski definition) is 1. The zero-order valence-corrected chi connectivity index (χ0v) is 14.4. The van der Waals surface area contributed by atoms with Crippen molar-refractivity contribution in [2.24, 2.45) is 5.73 Å². The number of nitrogens with two attached hydrogens (primary N) is 1. The molecule has 1 atom stereocenters. The van der Waals surface area contributed by atoms with Crippen molar-refractivity contribution in [2.45, 2.75) is 31.7 Å². The Morgan fingerprint density at radius 3 is 2.23 bits per heavy atom. The van der Waals surface area contributed by atoms with Gasteiger partial charge in [-0.25, -0.2) is 8.42 Å². The number of hydrogen-bond acceptors (Lipinski definition) is 6. The van der Waals surface area contributed by atoms with E-state index in [-0.39, 0.29) is 42.1 Å². The van der Waals surface area contributed by atoms with Crippen LogP contribution in [0.2, 0.25) is 0 Å². The van der Waals surface area contributed by atoms with Crippen LogP contribution in [0, 0.1) is 13.8 Å². The molecule has 1 aliphatic rings. The first-order chi connectivity index (χ1) is 9.75. The minimum Gasteiger partial charge on any atom is -0.360 e. The molecule has 0 bridgehead atoms. The summed E-state index contributed by atoms with van der Waals surface area (Å²) in [5.41, 5.74) is 5.91. The fourth-order valence-corrected chi connectivity index (χ4v) is 4.12. The van der Waals surface area contributed by atoms with E-state index >= 15 is 0 Å². The van der Waals surface area contributed by atoms with Crippen molar-refractivity contribution in [1.29, 1.82) is 0 Å². The van der Waals surface area contributed by atoms with Crippen molar-refractivity contribution < 1.29 is 17.7 Å². The van der Waals surface area contributed by atoms with E-state index in [1.165, 1.54) is 4.31 Å². The maximum absolute atomic E-state index is 12.6. The zero-order chi connectivity index (χ0) is 15.8. The fraction of sp³-hybridized carbons (Fsp3) is 0.667. The van der Waals surface area contributed by atoms with Gasteiger partial charge in [0.2, 0.25) is 15.9 Å². The summed E-state index contributed by atoms with van der Waals surface area (Å²) in [5.74, 6) is 0.117. The van der Waals surface area contributed by atoms with Gasteiger partial charge in [0, 0.05) is 26.2 Å². The highest BCUT2D eigenvalue weighted by atomic mass is 35.5. The molecule has 8 nitrogen and oxygen atoms in total. The summed E-state index contributed by atoms with van der Waals surface area (Å²) in [7, 11) is -3.64. The van der Waals surface area contributed by atoms with Crippen molar-refractivity contribution in [1.82, 2.24) is 14.4 Å². The van der Waals surface area contributed by atoms with Crippen LogP contribution in [0.5, 0.6) is 0 Å². The molecule has 0 radical (unpaired) electrons. The molecule has 2 rings (SSSR count). The molecule has 1 aromatic rings. The van der Waals surface area contributed by atoms with Gasteiger partial charge in [0.15, 0.2) is 5.76 Å². The molecule has 2 heterocycles. The summed E-state index contributed by atoms with van der Waals surface area (Å²) in [4.78, 5) is 13.5. The van der Waals surface area contributed by atoms with Crippen molar-refractivity contribution in [2.75, 3.05) is 26.2 Å². The maximum atomic E-state index is 12.6. The van der Waals surface area contributed by atoms with Crippen molar-refractivity contribution in [3.63, 3.8) is 0 Å². The first-order valence-electron chi connectivity index (χ1n) is 6.72. The number of halogens is 1. The van der Waals surface area contributed by atoms with Crippen LogP contribution in [0.25, 0.3) is 0 Å². The van der Waals surface area contributed by atoms with Crippen LogP contribution in [0.4, 0.5) is 0 Å². The third-order valence-electron chi connectivity index (χ3n) is 3.51. The third-order valence-corrected chi connectivity index (χ3v) is 5.65. The van der Waals surface area contributed by atoms with Crippen LogP contribution in [0.3, 0.4) is 0 Å². The molecule has 22 heavy (non-hydrogen) atoms. The fourth-order valence-electron chi connectivity index (χ4n) is 2.41. The van der Waals surface area contributed by atoms with Crippen LogP contribution in [0.1, 0.15) is 18.4 Å². The predicted molar refractivity (Wildman–Crippen MR) is 82.2 cm³/mol. The van der Waals surface area contributed by atoms with Gasteiger partial charge in [-0.3, -0.25) is 4.79 Å². The normalized spacial score (nSPS) is 17.9. The average Bonchev–Trinajstić information content (AvgIpc) is 2.78. The van der Waals surface area contributed by atoms with E-state index in [1.807, 2.05) is 0 Å². The monoisotopic (exact) mass is 352 g/mol. The Morgan fingerprint density at radius 1 is 1.27 bits per heavy atom. The second-order valence-corrected chi connectivity index (χ2v) is 7.05. The van der Waals surface area contributed by atoms with Gasteiger partial charge in [0.05, 0.1) is 6.04 Å². The topological polar surface area (TPSA) is 110 Å². The van der Waals surface area contributed by atoms with E-state index in [9.17, 15) is 13.2 Å². The van der Waals surface area contributed by atoms with Crippen molar-refractivity contribution >= 4 is 28.3 Å². The van der Waals surface area contributed by atoms with Gasteiger partial charge in [-0.15, -0.1) is 12.4 Å². The second kappa shape index (κ2) is 6.95. The van der Waals surface area contributed by atoms with Gasteiger partial charge in [0.25, 0.3) is 0 Å².